The topological polar surface area (TPSA) is 79.3 Å². The molecule has 0 aliphatic heterocycles. The first-order valence-corrected chi connectivity index (χ1v) is 8.40. The molecule has 0 amide bonds. The Kier molecular flexibility index (Phi) is 5.26. The molecule has 5 nitrogen and oxygen atoms in total. The third-order valence-corrected chi connectivity index (χ3v) is 4.57. The summed E-state index contributed by atoms with van der Waals surface area (Å²) in [5.74, 6) is 0. The quantitative estimate of drug-likeness (QED) is 0.536. The molecule has 1 heterocycles. The average Bonchev–Trinajstić information content (AvgIpc) is 2.83. The maximum Gasteiger partial charge on any atom is 1.00 e. The predicted octanol–water partition coefficient (Wildman–Crippen LogP) is 0.490. The van der Waals surface area contributed by atoms with Crippen LogP contribution in [0.4, 0.5) is 5.69 Å². The first-order chi connectivity index (χ1) is 9.92. The Hall–Kier alpha value is -0.960. The van der Waals surface area contributed by atoms with Crippen molar-refractivity contribution >= 4 is 37.5 Å². The summed E-state index contributed by atoms with van der Waals surface area (Å²) in [6, 6.07) is 13.1. The van der Waals surface area contributed by atoms with E-state index in [2.05, 4.69) is 9.71 Å². The van der Waals surface area contributed by atoms with Gasteiger partial charge in [-0.2, -0.15) is 8.42 Å². The van der Waals surface area contributed by atoms with Crippen LogP contribution in [-0.2, 0) is 10.3 Å². The molecule has 0 fully saturated rings. The molecule has 108 valence electrons. The van der Waals surface area contributed by atoms with Crippen LogP contribution in [-0.4, -0.2) is 18.0 Å². The van der Waals surface area contributed by atoms with Crippen molar-refractivity contribution in [3.05, 3.63) is 48.0 Å². The first-order valence-electron chi connectivity index (χ1n) is 6.14. The minimum atomic E-state index is -4.26. The van der Waals surface area contributed by atoms with Gasteiger partial charge in [0.25, 0.3) is 0 Å². The van der Waals surface area contributed by atoms with Gasteiger partial charge in [-0.15, -0.1) is 11.3 Å². The Balaban J connectivity index is 0.00000176. The monoisotopic (exact) mass is 343 g/mol. The third kappa shape index (κ3) is 3.87. The molecule has 3 rings (SSSR count). The molecule has 0 unspecified atom stereocenters. The summed E-state index contributed by atoms with van der Waals surface area (Å²) in [6.45, 7) is 1.77. The summed E-state index contributed by atoms with van der Waals surface area (Å²) in [4.78, 5) is 4.56. The number of fused-ring (bicyclic) bond motifs is 1. The maximum atomic E-state index is 10.9. The van der Waals surface area contributed by atoms with Crippen molar-refractivity contribution in [2.24, 2.45) is 0 Å². The molecule has 0 saturated heterocycles. The van der Waals surface area contributed by atoms with Crippen LogP contribution in [0, 0.1) is 6.92 Å². The number of aromatic nitrogens is 1. The second-order valence-electron chi connectivity index (χ2n) is 4.59. The van der Waals surface area contributed by atoms with E-state index in [0.717, 1.165) is 20.8 Å². The molecule has 0 aliphatic carbocycles. The number of hydrogen-bond donors (Lipinski definition) is 2. The number of rotatable bonds is 3. The number of thiazole rings is 1. The zero-order chi connectivity index (χ0) is 15.0. The van der Waals surface area contributed by atoms with E-state index in [0.29, 0.717) is 11.3 Å². The molecule has 1 aromatic heterocycles. The largest absolute Gasteiger partial charge is 1.00 e. The Morgan fingerprint density at radius 3 is 2.55 bits per heavy atom. The second kappa shape index (κ2) is 6.66. The van der Waals surface area contributed by atoms with Crippen LogP contribution in [0.2, 0.25) is 0 Å². The molecular formula is C14H12N2NaO3S2+. The molecule has 2 aromatic carbocycles. The van der Waals surface area contributed by atoms with Gasteiger partial charge in [-0.25, -0.2) is 4.98 Å². The second-order valence-corrected chi connectivity index (χ2v) is 6.78. The van der Waals surface area contributed by atoms with Gasteiger partial charge >= 0.3 is 39.9 Å². The number of nitrogens with zero attached hydrogens (tertiary/aromatic N) is 1. The molecule has 0 atom stereocenters. The van der Waals surface area contributed by atoms with E-state index in [1.54, 1.807) is 30.4 Å². The van der Waals surface area contributed by atoms with Gasteiger partial charge in [0.15, 0.2) is 0 Å². The summed E-state index contributed by atoms with van der Waals surface area (Å²) < 4.78 is 33.7. The fourth-order valence-corrected chi connectivity index (χ4v) is 3.51. The number of anilines is 1. The molecule has 0 radical (unpaired) electrons. The van der Waals surface area contributed by atoms with Crippen LogP contribution in [0.5, 0.6) is 0 Å². The van der Waals surface area contributed by atoms with Crippen LogP contribution >= 0.6 is 11.3 Å². The van der Waals surface area contributed by atoms with Gasteiger partial charge in [-0.3, -0.25) is 9.27 Å². The van der Waals surface area contributed by atoms with Crippen LogP contribution in [0.15, 0.2) is 42.5 Å². The van der Waals surface area contributed by atoms with Gasteiger partial charge < -0.3 is 0 Å². The van der Waals surface area contributed by atoms with Gasteiger partial charge in [-0.1, -0.05) is 12.1 Å². The maximum absolute atomic E-state index is 10.9. The fourth-order valence-electron chi connectivity index (χ4n) is 2.05. The molecule has 0 saturated carbocycles. The summed E-state index contributed by atoms with van der Waals surface area (Å²) in [5, 5.41) is 0.873. The number of nitrogens with one attached hydrogen (secondary N) is 1. The minimum Gasteiger partial charge on any atom is -0.269 e. The average molecular weight is 343 g/mol. The van der Waals surface area contributed by atoms with E-state index < -0.39 is 10.3 Å². The Morgan fingerprint density at radius 2 is 1.91 bits per heavy atom. The summed E-state index contributed by atoms with van der Waals surface area (Å²) in [5.41, 5.74) is 2.91. The first kappa shape index (κ1) is 17.4. The van der Waals surface area contributed by atoms with E-state index in [4.69, 9.17) is 4.55 Å². The van der Waals surface area contributed by atoms with E-state index in [1.807, 2.05) is 30.3 Å². The SMILES string of the molecule is Cc1cc(-c2nc3ccccc3s2)ccc1NS(=O)(=O)O.[Na+]. The Bertz CT molecular complexity index is 890. The zero-order valence-corrected chi connectivity index (χ0v) is 15.7. The molecule has 22 heavy (non-hydrogen) atoms. The number of aryl methyl sites for hydroxylation is 1. The number of benzene rings is 2. The van der Waals surface area contributed by atoms with Crippen molar-refractivity contribution in [2.75, 3.05) is 4.72 Å². The molecule has 8 heteroatoms. The predicted molar refractivity (Wildman–Crippen MR) is 85.0 cm³/mol. The van der Waals surface area contributed by atoms with E-state index >= 15 is 0 Å². The van der Waals surface area contributed by atoms with E-state index in [-0.39, 0.29) is 29.6 Å². The molecular weight excluding hydrogens is 331 g/mol. The van der Waals surface area contributed by atoms with Gasteiger partial charge in [0.2, 0.25) is 0 Å². The summed E-state index contributed by atoms with van der Waals surface area (Å²) in [6.07, 6.45) is 0. The molecule has 2 N–H and O–H groups in total. The summed E-state index contributed by atoms with van der Waals surface area (Å²) in [7, 11) is -4.26. The number of para-hydroxylation sites is 1. The Labute approximate surface area is 154 Å². The minimum absolute atomic E-state index is 0. The van der Waals surface area contributed by atoms with Crippen molar-refractivity contribution in [3.63, 3.8) is 0 Å². The van der Waals surface area contributed by atoms with Crippen LogP contribution < -0.4 is 34.3 Å². The normalized spacial score (nSPS) is 11.2. The number of hydrogen-bond acceptors (Lipinski definition) is 4. The van der Waals surface area contributed by atoms with Crippen molar-refractivity contribution < 1.29 is 42.5 Å². The van der Waals surface area contributed by atoms with Crippen molar-refractivity contribution in [2.45, 2.75) is 6.92 Å². The summed E-state index contributed by atoms with van der Waals surface area (Å²) >= 11 is 1.58. The smallest absolute Gasteiger partial charge is 0.269 e. The van der Waals surface area contributed by atoms with Gasteiger partial charge in [-0.05, 0) is 42.8 Å². The van der Waals surface area contributed by atoms with Crippen LogP contribution in [0.3, 0.4) is 0 Å². The van der Waals surface area contributed by atoms with E-state index in [9.17, 15) is 8.42 Å². The standard InChI is InChI=1S/C14H12N2O3S2.Na/c1-9-8-10(6-7-11(9)16-21(17,18)19)14-15-12-4-2-3-5-13(12)20-14;/h2-8,16H,1H3,(H,17,18,19);/q;+1. The van der Waals surface area contributed by atoms with Crippen molar-refractivity contribution in [1.29, 1.82) is 0 Å². The van der Waals surface area contributed by atoms with Crippen molar-refractivity contribution in [3.8, 4) is 10.6 Å². The van der Waals surface area contributed by atoms with Crippen molar-refractivity contribution in [1.82, 2.24) is 4.98 Å². The third-order valence-electron chi connectivity index (χ3n) is 3.01. The van der Waals surface area contributed by atoms with E-state index in [1.165, 1.54) is 0 Å². The van der Waals surface area contributed by atoms with Crippen LogP contribution in [0.25, 0.3) is 20.8 Å². The molecule has 3 aromatic rings. The van der Waals surface area contributed by atoms with Crippen LogP contribution in [0.1, 0.15) is 5.56 Å². The van der Waals surface area contributed by atoms with Gasteiger partial charge in [0.05, 0.1) is 15.9 Å². The molecule has 0 aliphatic rings. The molecule has 0 bridgehead atoms. The Morgan fingerprint density at radius 1 is 1.18 bits per heavy atom. The van der Waals surface area contributed by atoms with Gasteiger partial charge in [0, 0.05) is 5.56 Å². The fraction of sp³-hybridized carbons (Fsp3) is 0.0714. The zero-order valence-electron chi connectivity index (χ0n) is 12.1. The molecule has 0 spiro atoms. The van der Waals surface area contributed by atoms with Gasteiger partial charge in [0.1, 0.15) is 5.01 Å².